The third-order valence-electron chi connectivity index (χ3n) is 5.41. The highest BCUT2D eigenvalue weighted by molar-refractivity contribution is 5.80. The summed E-state index contributed by atoms with van der Waals surface area (Å²) in [7, 11) is 0. The molecule has 126 valence electrons. The Kier molecular flexibility index (Phi) is 4.74. The largest absolute Gasteiger partial charge is 0.373 e. The Balaban J connectivity index is 1.76. The van der Waals surface area contributed by atoms with Crippen LogP contribution in [0.4, 0.5) is 0 Å². The van der Waals surface area contributed by atoms with Gasteiger partial charge in [0.05, 0.1) is 12.0 Å². The first-order valence-electron chi connectivity index (χ1n) is 8.69. The van der Waals surface area contributed by atoms with E-state index in [0.29, 0.717) is 6.54 Å². The summed E-state index contributed by atoms with van der Waals surface area (Å²) in [5.74, 6) is 0.180. The van der Waals surface area contributed by atoms with Crippen molar-refractivity contribution in [3.05, 3.63) is 35.4 Å². The van der Waals surface area contributed by atoms with Crippen LogP contribution in [-0.2, 0) is 9.53 Å². The van der Waals surface area contributed by atoms with Crippen LogP contribution in [0.25, 0.3) is 0 Å². The van der Waals surface area contributed by atoms with E-state index in [1.165, 1.54) is 5.56 Å². The van der Waals surface area contributed by atoms with Crippen molar-refractivity contribution >= 4 is 5.91 Å². The van der Waals surface area contributed by atoms with E-state index >= 15 is 0 Å². The molecular weight excluding hydrogens is 288 g/mol. The molecule has 23 heavy (non-hydrogen) atoms. The molecule has 4 nitrogen and oxygen atoms in total. The van der Waals surface area contributed by atoms with Crippen LogP contribution in [-0.4, -0.2) is 37.0 Å². The van der Waals surface area contributed by atoms with Gasteiger partial charge in [-0.2, -0.15) is 0 Å². The van der Waals surface area contributed by atoms with Gasteiger partial charge in [-0.25, -0.2) is 0 Å². The number of carbonyl (C=O) groups excluding carboxylic acids is 1. The Morgan fingerprint density at radius 2 is 2.13 bits per heavy atom. The predicted octanol–water partition coefficient (Wildman–Crippen LogP) is 2.66. The van der Waals surface area contributed by atoms with Gasteiger partial charge in [-0.1, -0.05) is 36.8 Å². The van der Waals surface area contributed by atoms with Gasteiger partial charge in [0.2, 0.25) is 5.91 Å². The van der Waals surface area contributed by atoms with Crippen molar-refractivity contribution in [3.63, 3.8) is 0 Å². The molecule has 0 spiro atoms. The highest BCUT2D eigenvalue weighted by atomic mass is 16.5. The minimum absolute atomic E-state index is 0.0634. The number of aryl methyl sites for hydroxylation is 1. The van der Waals surface area contributed by atoms with E-state index in [-0.39, 0.29) is 23.3 Å². The minimum atomic E-state index is -0.110. The fourth-order valence-electron chi connectivity index (χ4n) is 3.73. The maximum Gasteiger partial charge on any atom is 0.228 e. The lowest BCUT2D eigenvalue weighted by molar-refractivity contribution is -0.144. The van der Waals surface area contributed by atoms with Gasteiger partial charge in [0.15, 0.2) is 0 Å². The van der Waals surface area contributed by atoms with Crippen molar-refractivity contribution in [2.45, 2.75) is 39.2 Å². The van der Waals surface area contributed by atoms with Gasteiger partial charge in [-0.15, -0.1) is 0 Å². The smallest absolute Gasteiger partial charge is 0.228 e. The van der Waals surface area contributed by atoms with Crippen molar-refractivity contribution in [3.8, 4) is 0 Å². The van der Waals surface area contributed by atoms with Crippen LogP contribution < -0.4 is 5.73 Å². The minimum Gasteiger partial charge on any atom is -0.373 e. The van der Waals surface area contributed by atoms with Crippen LogP contribution in [0.3, 0.4) is 0 Å². The second-order valence-corrected chi connectivity index (χ2v) is 7.48. The van der Waals surface area contributed by atoms with Gasteiger partial charge in [-0.05, 0) is 43.7 Å². The lowest BCUT2D eigenvalue weighted by Crippen LogP contribution is -2.41. The van der Waals surface area contributed by atoms with Crippen LogP contribution in [0.5, 0.6) is 0 Å². The standard InChI is InChI=1S/C19H28N2O2/c1-14-5-7-15(8-6-14)17-16(4-3-11-23-17)18(22)21-10-9-19(2,12-20)13-21/h5-8,16-17H,3-4,9-13,20H2,1-2H3. The van der Waals surface area contributed by atoms with Crippen LogP contribution in [0, 0.1) is 18.3 Å². The maximum atomic E-state index is 13.1. The molecule has 0 aliphatic carbocycles. The number of hydrogen-bond donors (Lipinski definition) is 1. The van der Waals surface area contributed by atoms with E-state index in [1.54, 1.807) is 0 Å². The summed E-state index contributed by atoms with van der Waals surface area (Å²) in [5.41, 5.74) is 8.30. The summed E-state index contributed by atoms with van der Waals surface area (Å²) < 4.78 is 6.00. The van der Waals surface area contributed by atoms with E-state index in [2.05, 4.69) is 38.1 Å². The van der Waals surface area contributed by atoms with E-state index in [1.807, 2.05) is 4.90 Å². The number of hydrogen-bond acceptors (Lipinski definition) is 3. The fraction of sp³-hybridized carbons (Fsp3) is 0.632. The topological polar surface area (TPSA) is 55.6 Å². The molecule has 4 heteroatoms. The summed E-state index contributed by atoms with van der Waals surface area (Å²) >= 11 is 0. The molecule has 2 N–H and O–H groups in total. The number of ether oxygens (including phenoxy) is 1. The molecule has 2 saturated heterocycles. The predicted molar refractivity (Wildman–Crippen MR) is 91.0 cm³/mol. The summed E-state index contributed by atoms with van der Waals surface area (Å²) in [5, 5.41) is 0. The number of nitrogens with two attached hydrogens (primary N) is 1. The Hall–Kier alpha value is -1.39. The Bertz CT molecular complexity index is 557. The first-order chi connectivity index (χ1) is 11.0. The third kappa shape index (κ3) is 3.43. The molecule has 1 aromatic rings. The molecule has 1 amide bonds. The summed E-state index contributed by atoms with van der Waals surface area (Å²) in [6, 6.07) is 8.38. The normalized spacial score (nSPS) is 31.3. The lowest BCUT2D eigenvalue weighted by atomic mass is 9.87. The Morgan fingerprint density at radius 1 is 1.39 bits per heavy atom. The molecule has 0 bridgehead atoms. The zero-order valence-electron chi connectivity index (χ0n) is 14.3. The quantitative estimate of drug-likeness (QED) is 0.933. The first-order valence-corrected chi connectivity index (χ1v) is 8.69. The summed E-state index contributed by atoms with van der Waals surface area (Å²) in [4.78, 5) is 15.1. The van der Waals surface area contributed by atoms with Gasteiger partial charge < -0.3 is 15.4 Å². The van der Waals surface area contributed by atoms with Crippen molar-refractivity contribution in [2.24, 2.45) is 17.1 Å². The van der Waals surface area contributed by atoms with Gasteiger partial charge in [0.1, 0.15) is 0 Å². The van der Waals surface area contributed by atoms with Crippen molar-refractivity contribution in [2.75, 3.05) is 26.2 Å². The van der Waals surface area contributed by atoms with Crippen molar-refractivity contribution < 1.29 is 9.53 Å². The van der Waals surface area contributed by atoms with Gasteiger partial charge in [0, 0.05) is 19.7 Å². The van der Waals surface area contributed by atoms with E-state index in [0.717, 1.165) is 44.5 Å². The molecule has 2 aliphatic rings. The SMILES string of the molecule is Cc1ccc(C2OCCCC2C(=O)N2CCC(C)(CN)C2)cc1. The van der Waals surface area contributed by atoms with Crippen LogP contribution in [0.1, 0.15) is 43.4 Å². The molecule has 2 fully saturated rings. The zero-order chi connectivity index (χ0) is 16.4. The molecule has 2 heterocycles. The summed E-state index contributed by atoms with van der Waals surface area (Å²) in [6.07, 6.45) is 2.76. The number of rotatable bonds is 3. The second-order valence-electron chi connectivity index (χ2n) is 7.48. The highest BCUT2D eigenvalue weighted by Crippen LogP contribution is 2.37. The number of amides is 1. The summed E-state index contributed by atoms with van der Waals surface area (Å²) in [6.45, 7) is 7.23. The molecule has 1 aromatic carbocycles. The number of likely N-dealkylation sites (tertiary alicyclic amines) is 1. The second kappa shape index (κ2) is 6.62. The molecule has 0 saturated carbocycles. The van der Waals surface area contributed by atoms with Crippen molar-refractivity contribution in [1.82, 2.24) is 4.90 Å². The highest BCUT2D eigenvalue weighted by Gasteiger charge is 2.41. The average Bonchev–Trinajstić information content (AvgIpc) is 2.98. The molecule has 0 radical (unpaired) electrons. The molecule has 0 aromatic heterocycles. The molecule has 3 unspecified atom stereocenters. The Morgan fingerprint density at radius 3 is 2.78 bits per heavy atom. The van der Waals surface area contributed by atoms with E-state index < -0.39 is 0 Å². The molecule has 2 aliphatic heterocycles. The van der Waals surface area contributed by atoms with Crippen LogP contribution in [0.2, 0.25) is 0 Å². The molecule has 3 rings (SSSR count). The van der Waals surface area contributed by atoms with Crippen LogP contribution in [0.15, 0.2) is 24.3 Å². The fourth-order valence-corrected chi connectivity index (χ4v) is 3.73. The number of nitrogens with zero attached hydrogens (tertiary/aromatic N) is 1. The third-order valence-corrected chi connectivity index (χ3v) is 5.41. The van der Waals surface area contributed by atoms with Crippen LogP contribution >= 0.6 is 0 Å². The zero-order valence-corrected chi connectivity index (χ0v) is 14.3. The maximum absolute atomic E-state index is 13.1. The van der Waals surface area contributed by atoms with Gasteiger partial charge in [0.25, 0.3) is 0 Å². The van der Waals surface area contributed by atoms with E-state index in [9.17, 15) is 4.79 Å². The first kappa shape index (κ1) is 16.5. The number of benzene rings is 1. The van der Waals surface area contributed by atoms with Gasteiger partial charge >= 0.3 is 0 Å². The average molecular weight is 316 g/mol. The van der Waals surface area contributed by atoms with E-state index in [4.69, 9.17) is 10.5 Å². The lowest BCUT2D eigenvalue weighted by Gasteiger charge is -2.34. The number of carbonyl (C=O) groups is 1. The van der Waals surface area contributed by atoms with Gasteiger partial charge in [-0.3, -0.25) is 4.79 Å². The molecule has 3 atom stereocenters. The van der Waals surface area contributed by atoms with Crippen molar-refractivity contribution in [1.29, 1.82) is 0 Å². The molecular formula is C19H28N2O2. The monoisotopic (exact) mass is 316 g/mol. The Labute approximate surface area is 139 Å².